The zero-order valence-electron chi connectivity index (χ0n) is 8.44. The smallest absolute Gasteiger partial charge is 0.219 e. The summed E-state index contributed by atoms with van der Waals surface area (Å²) in [7, 11) is 1.89. The number of benzene rings is 1. The fraction of sp³-hybridized carbons (Fsp3) is 0.0909. The van der Waals surface area contributed by atoms with Gasteiger partial charge in [0, 0.05) is 30.7 Å². The van der Waals surface area contributed by atoms with Crippen molar-refractivity contribution in [1.82, 2.24) is 9.97 Å². The van der Waals surface area contributed by atoms with E-state index in [2.05, 4.69) is 15.3 Å². The standard InChI is InChI=1S/C11H12N4/c1-13-10-4-2-8(3-5-10)9-6-14-11(12)15-7-9/h2-7,13H,1H3,(H2,12,14,15). The van der Waals surface area contributed by atoms with Gasteiger partial charge in [0.2, 0.25) is 5.95 Å². The molecule has 1 heterocycles. The van der Waals surface area contributed by atoms with Crippen LogP contribution < -0.4 is 11.1 Å². The lowest BCUT2D eigenvalue weighted by Crippen LogP contribution is -1.93. The first-order valence-electron chi connectivity index (χ1n) is 4.65. The van der Waals surface area contributed by atoms with Crippen molar-refractivity contribution in [1.29, 1.82) is 0 Å². The average Bonchev–Trinajstić information content (AvgIpc) is 2.30. The highest BCUT2D eigenvalue weighted by molar-refractivity contribution is 5.64. The number of aromatic nitrogens is 2. The summed E-state index contributed by atoms with van der Waals surface area (Å²) in [4.78, 5) is 7.90. The van der Waals surface area contributed by atoms with Crippen LogP contribution in [-0.2, 0) is 0 Å². The van der Waals surface area contributed by atoms with Crippen LogP contribution in [0.4, 0.5) is 11.6 Å². The van der Waals surface area contributed by atoms with Gasteiger partial charge in [-0.3, -0.25) is 0 Å². The third kappa shape index (κ3) is 2.04. The molecule has 0 atom stereocenters. The summed E-state index contributed by atoms with van der Waals surface area (Å²) < 4.78 is 0. The van der Waals surface area contributed by atoms with Gasteiger partial charge in [-0.05, 0) is 17.7 Å². The highest BCUT2D eigenvalue weighted by atomic mass is 15.0. The summed E-state index contributed by atoms with van der Waals surface area (Å²) in [5, 5.41) is 3.06. The van der Waals surface area contributed by atoms with E-state index in [0.29, 0.717) is 5.95 Å². The third-order valence-corrected chi connectivity index (χ3v) is 2.18. The highest BCUT2D eigenvalue weighted by Crippen LogP contribution is 2.19. The van der Waals surface area contributed by atoms with Crippen LogP contribution in [0, 0.1) is 0 Å². The molecule has 0 bridgehead atoms. The molecule has 0 spiro atoms. The van der Waals surface area contributed by atoms with Gasteiger partial charge in [0.1, 0.15) is 0 Å². The predicted octanol–water partition coefficient (Wildman–Crippen LogP) is 1.77. The van der Waals surface area contributed by atoms with Gasteiger partial charge in [0.25, 0.3) is 0 Å². The van der Waals surface area contributed by atoms with Crippen molar-refractivity contribution in [3.8, 4) is 11.1 Å². The second-order valence-corrected chi connectivity index (χ2v) is 3.16. The Morgan fingerprint density at radius 2 is 1.60 bits per heavy atom. The van der Waals surface area contributed by atoms with E-state index in [1.807, 2.05) is 31.3 Å². The number of nitrogen functional groups attached to an aromatic ring is 1. The Morgan fingerprint density at radius 3 is 2.13 bits per heavy atom. The predicted molar refractivity (Wildman–Crippen MR) is 61.4 cm³/mol. The van der Waals surface area contributed by atoms with Crippen molar-refractivity contribution >= 4 is 11.6 Å². The van der Waals surface area contributed by atoms with Crippen molar-refractivity contribution in [3.05, 3.63) is 36.7 Å². The minimum absolute atomic E-state index is 0.297. The van der Waals surface area contributed by atoms with E-state index in [1.54, 1.807) is 12.4 Å². The Bertz CT molecular complexity index is 433. The molecular formula is C11H12N4. The largest absolute Gasteiger partial charge is 0.388 e. The van der Waals surface area contributed by atoms with Crippen LogP contribution >= 0.6 is 0 Å². The van der Waals surface area contributed by atoms with E-state index >= 15 is 0 Å². The molecule has 0 radical (unpaired) electrons. The first-order chi connectivity index (χ1) is 7.29. The quantitative estimate of drug-likeness (QED) is 0.775. The Balaban J connectivity index is 2.33. The van der Waals surface area contributed by atoms with Crippen LogP contribution in [0.3, 0.4) is 0 Å². The minimum atomic E-state index is 0.297. The van der Waals surface area contributed by atoms with Gasteiger partial charge in [-0.1, -0.05) is 12.1 Å². The van der Waals surface area contributed by atoms with Gasteiger partial charge in [-0.15, -0.1) is 0 Å². The maximum Gasteiger partial charge on any atom is 0.219 e. The molecule has 0 aliphatic rings. The molecule has 0 fully saturated rings. The molecule has 0 unspecified atom stereocenters. The van der Waals surface area contributed by atoms with Crippen molar-refractivity contribution in [2.75, 3.05) is 18.1 Å². The molecule has 0 aliphatic heterocycles. The second-order valence-electron chi connectivity index (χ2n) is 3.16. The molecule has 4 nitrogen and oxygen atoms in total. The second kappa shape index (κ2) is 3.96. The molecule has 1 aromatic carbocycles. The first-order valence-corrected chi connectivity index (χ1v) is 4.65. The van der Waals surface area contributed by atoms with Gasteiger partial charge in [-0.25, -0.2) is 9.97 Å². The van der Waals surface area contributed by atoms with Crippen molar-refractivity contribution in [2.24, 2.45) is 0 Å². The number of rotatable bonds is 2. The van der Waals surface area contributed by atoms with Crippen LogP contribution in [0.2, 0.25) is 0 Å². The van der Waals surface area contributed by atoms with Gasteiger partial charge < -0.3 is 11.1 Å². The zero-order valence-corrected chi connectivity index (χ0v) is 8.44. The summed E-state index contributed by atoms with van der Waals surface area (Å²) in [5.74, 6) is 0.297. The van der Waals surface area contributed by atoms with Crippen molar-refractivity contribution < 1.29 is 0 Å². The third-order valence-electron chi connectivity index (χ3n) is 2.18. The molecule has 76 valence electrons. The van der Waals surface area contributed by atoms with Crippen LogP contribution in [0.5, 0.6) is 0 Å². The monoisotopic (exact) mass is 200 g/mol. The molecule has 15 heavy (non-hydrogen) atoms. The van der Waals surface area contributed by atoms with Crippen LogP contribution in [0.1, 0.15) is 0 Å². The zero-order chi connectivity index (χ0) is 10.7. The van der Waals surface area contributed by atoms with E-state index in [0.717, 1.165) is 16.8 Å². The fourth-order valence-electron chi connectivity index (χ4n) is 1.32. The summed E-state index contributed by atoms with van der Waals surface area (Å²) in [6.45, 7) is 0. The summed E-state index contributed by atoms with van der Waals surface area (Å²) in [6.07, 6.45) is 3.44. The molecule has 0 saturated carbocycles. The van der Waals surface area contributed by atoms with Crippen molar-refractivity contribution in [2.45, 2.75) is 0 Å². The molecule has 0 aliphatic carbocycles. The highest BCUT2D eigenvalue weighted by Gasteiger charge is 1.98. The SMILES string of the molecule is CNc1ccc(-c2cnc(N)nc2)cc1. The van der Waals surface area contributed by atoms with Gasteiger partial charge in [0.15, 0.2) is 0 Å². The number of hydrogen-bond donors (Lipinski definition) is 2. The Kier molecular flexibility index (Phi) is 2.49. The average molecular weight is 200 g/mol. The summed E-state index contributed by atoms with van der Waals surface area (Å²) >= 11 is 0. The molecule has 2 aromatic rings. The number of hydrogen-bond acceptors (Lipinski definition) is 4. The van der Waals surface area contributed by atoms with E-state index in [9.17, 15) is 0 Å². The van der Waals surface area contributed by atoms with Crippen LogP contribution in [0.15, 0.2) is 36.7 Å². The van der Waals surface area contributed by atoms with E-state index in [1.165, 1.54) is 0 Å². The lowest BCUT2D eigenvalue weighted by Gasteiger charge is -2.03. The van der Waals surface area contributed by atoms with Gasteiger partial charge in [-0.2, -0.15) is 0 Å². The molecule has 0 saturated heterocycles. The molecule has 2 rings (SSSR count). The Labute approximate surface area is 88.2 Å². The topological polar surface area (TPSA) is 63.8 Å². The van der Waals surface area contributed by atoms with Crippen molar-refractivity contribution in [3.63, 3.8) is 0 Å². The number of nitrogens with one attached hydrogen (secondary N) is 1. The normalized spacial score (nSPS) is 9.93. The van der Waals surface area contributed by atoms with E-state index in [4.69, 9.17) is 5.73 Å². The molecule has 1 aromatic heterocycles. The Hall–Kier alpha value is -2.10. The number of nitrogens with zero attached hydrogens (tertiary/aromatic N) is 2. The van der Waals surface area contributed by atoms with E-state index in [-0.39, 0.29) is 0 Å². The lowest BCUT2D eigenvalue weighted by molar-refractivity contribution is 1.19. The minimum Gasteiger partial charge on any atom is -0.388 e. The molecule has 4 heteroatoms. The van der Waals surface area contributed by atoms with Crippen LogP contribution in [-0.4, -0.2) is 17.0 Å². The molecule has 3 N–H and O–H groups in total. The molecular weight excluding hydrogens is 188 g/mol. The number of anilines is 2. The summed E-state index contributed by atoms with van der Waals surface area (Å²) in [5.41, 5.74) is 8.54. The molecule has 0 amide bonds. The Morgan fingerprint density at radius 1 is 1.00 bits per heavy atom. The number of nitrogens with two attached hydrogens (primary N) is 1. The van der Waals surface area contributed by atoms with Gasteiger partial charge in [0.05, 0.1) is 0 Å². The summed E-state index contributed by atoms with van der Waals surface area (Å²) in [6, 6.07) is 8.04. The lowest BCUT2D eigenvalue weighted by atomic mass is 10.1. The van der Waals surface area contributed by atoms with Gasteiger partial charge >= 0.3 is 0 Å². The fourth-order valence-corrected chi connectivity index (χ4v) is 1.32. The van der Waals surface area contributed by atoms with E-state index < -0.39 is 0 Å². The first kappa shape index (κ1) is 9.45. The maximum atomic E-state index is 5.42. The van der Waals surface area contributed by atoms with Crippen LogP contribution in [0.25, 0.3) is 11.1 Å². The maximum absolute atomic E-state index is 5.42.